The normalized spacial score (nSPS) is 14.3. The largest absolute Gasteiger partial charge is 0.379 e. The van der Waals surface area contributed by atoms with Crippen LogP contribution in [0.1, 0.15) is 35.6 Å². The summed E-state index contributed by atoms with van der Waals surface area (Å²) in [5.41, 5.74) is 12.6. The molecule has 2 saturated heterocycles. The standard InChI is InChI=1S/C24H28N4O.C17H13ClN2.C7H16N2O/c1-2-7-21(8-3-1)22-9-4-6-20(18-22)19-24-26-12-10-23(27-24)25-11-5-13-28-14-16-29-17-15-28;18-16-9-10-19-17(20-16)12-13-5-4-8-15(11-13)14-6-2-1-3-7-14;8-2-1-3-9-4-6-10-7-5-9/h1-4,6-10,12,18H,5,11,13-17,19H2,(H,25,26,27);1-11H,12H2;1-8H2. The van der Waals surface area contributed by atoms with Crippen LogP contribution in [-0.4, -0.2) is 109 Å². The lowest BCUT2D eigenvalue weighted by molar-refractivity contribution is 0.0377. The highest BCUT2D eigenvalue weighted by molar-refractivity contribution is 6.29. The maximum atomic E-state index is 5.89. The smallest absolute Gasteiger partial charge is 0.135 e. The average Bonchev–Trinajstić information content (AvgIpc) is 3.29. The molecule has 2 fully saturated rings. The number of halogens is 1. The first-order valence-electron chi connectivity index (χ1n) is 20.7. The molecule has 3 N–H and O–H groups in total. The van der Waals surface area contributed by atoms with E-state index in [9.17, 15) is 0 Å². The molecule has 6 aromatic rings. The summed E-state index contributed by atoms with van der Waals surface area (Å²) in [6.45, 7) is 11.7. The first-order chi connectivity index (χ1) is 29.1. The molecule has 2 aliphatic heterocycles. The van der Waals surface area contributed by atoms with E-state index < -0.39 is 0 Å². The molecule has 0 aliphatic carbocycles. The van der Waals surface area contributed by atoms with Crippen molar-refractivity contribution in [2.24, 2.45) is 5.73 Å². The minimum atomic E-state index is 0.481. The van der Waals surface area contributed by atoms with Crippen LogP contribution in [0.15, 0.2) is 134 Å². The Bertz CT molecular complexity index is 2080. The van der Waals surface area contributed by atoms with Gasteiger partial charge in [0.15, 0.2) is 0 Å². The predicted octanol–water partition coefficient (Wildman–Crippen LogP) is 7.92. The highest BCUT2D eigenvalue weighted by Gasteiger charge is 2.10. The van der Waals surface area contributed by atoms with E-state index in [1.54, 1.807) is 12.3 Å². The number of nitrogens with zero attached hydrogens (tertiary/aromatic N) is 6. The molecule has 0 amide bonds. The number of anilines is 1. The van der Waals surface area contributed by atoms with Crippen molar-refractivity contribution in [2.45, 2.75) is 25.7 Å². The van der Waals surface area contributed by atoms with Crippen LogP contribution in [0.5, 0.6) is 0 Å². The van der Waals surface area contributed by atoms with Crippen molar-refractivity contribution < 1.29 is 9.47 Å². The zero-order valence-electron chi connectivity index (χ0n) is 34.0. The Balaban J connectivity index is 0.000000168. The van der Waals surface area contributed by atoms with Crippen LogP contribution in [0.25, 0.3) is 22.3 Å². The van der Waals surface area contributed by atoms with Crippen LogP contribution in [-0.2, 0) is 22.3 Å². The third kappa shape index (κ3) is 15.6. The third-order valence-corrected chi connectivity index (χ3v) is 10.2. The fraction of sp³-hybridized carbons (Fsp3) is 0.333. The number of hydrogen-bond acceptors (Lipinski definition) is 10. The third-order valence-electron chi connectivity index (χ3n) is 10.0. The number of rotatable bonds is 14. The van der Waals surface area contributed by atoms with E-state index in [0.717, 1.165) is 116 Å². The van der Waals surface area contributed by atoms with E-state index in [4.69, 9.17) is 31.8 Å². The molecule has 308 valence electrons. The minimum Gasteiger partial charge on any atom is -0.379 e. The molecule has 0 unspecified atom stereocenters. The van der Waals surface area contributed by atoms with Gasteiger partial charge in [0, 0.05) is 58.0 Å². The van der Waals surface area contributed by atoms with Gasteiger partial charge in [-0.25, -0.2) is 19.9 Å². The second kappa shape index (κ2) is 24.8. The zero-order chi connectivity index (χ0) is 40.7. The van der Waals surface area contributed by atoms with Crippen LogP contribution in [0.3, 0.4) is 0 Å². The molecule has 2 aliphatic rings. The Morgan fingerprint density at radius 2 is 1.05 bits per heavy atom. The minimum absolute atomic E-state index is 0.481. The quantitative estimate of drug-likeness (QED) is 0.0831. The average molecular weight is 813 g/mol. The van der Waals surface area contributed by atoms with Crippen LogP contribution in [0.2, 0.25) is 5.15 Å². The molecule has 0 radical (unpaired) electrons. The fourth-order valence-electron chi connectivity index (χ4n) is 6.87. The summed E-state index contributed by atoms with van der Waals surface area (Å²) in [4.78, 5) is 22.5. The van der Waals surface area contributed by atoms with Gasteiger partial charge < -0.3 is 20.5 Å². The number of nitrogens with two attached hydrogens (primary N) is 1. The zero-order valence-corrected chi connectivity index (χ0v) is 34.7. The summed E-state index contributed by atoms with van der Waals surface area (Å²) in [6.07, 6.45) is 7.14. The molecular weight excluding hydrogens is 756 g/mol. The maximum Gasteiger partial charge on any atom is 0.135 e. The molecule has 2 aromatic heterocycles. The number of morpholine rings is 2. The molecule has 0 atom stereocenters. The molecule has 10 nitrogen and oxygen atoms in total. The molecule has 59 heavy (non-hydrogen) atoms. The highest BCUT2D eigenvalue weighted by atomic mass is 35.5. The summed E-state index contributed by atoms with van der Waals surface area (Å²) in [5, 5.41) is 3.92. The van der Waals surface area contributed by atoms with Crippen LogP contribution in [0, 0.1) is 0 Å². The van der Waals surface area contributed by atoms with Crippen molar-refractivity contribution in [3.8, 4) is 22.3 Å². The summed E-state index contributed by atoms with van der Waals surface area (Å²) in [5.74, 6) is 2.48. The SMILES string of the molecule is Clc1ccnc(Cc2cccc(-c3ccccc3)c2)n1.NCCCN1CCOCC1.c1ccc(-c2cccc(Cc3nccc(NCCCN4CCOCC4)n3)c2)cc1. The Hall–Kier alpha value is -5.07. The Morgan fingerprint density at radius 1 is 0.559 bits per heavy atom. The molecule has 4 heterocycles. The van der Waals surface area contributed by atoms with Crippen molar-refractivity contribution in [2.75, 3.05) is 84.1 Å². The van der Waals surface area contributed by atoms with Crippen molar-refractivity contribution in [3.63, 3.8) is 0 Å². The van der Waals surface area contributed by atoms with Gasteiger partial charge in [0.1, 0.15) is 22.6 Å². The Labute approximate surface area is 354 Å². The lowest BCUT2D eigenvalue weighted by atomic mass is 10.0. The van der Waals surface area contributed by atoms with E-state index in [2.05, 4.69) is 115 Å². The van der Waals surface area contributed by atoms with Gasteiger partial charge in [-0.1, -0.05) is 121 Å². The predicted molar refractivity (Wildman–Crippen MR) is 240 cm³/mol. The summed E-state index contributed by atoms with van der Waals surface area (Å²) in [6, 6.07) is 41.4. The molecule has 8 rings (SSSR count). The van der Waals surface area contributed by atoms with Gasteiger partial charge in [0.25, 0.3) is 0 Å². The highest BCUT2D eigenvalue weighted by Crippen LogP contribution is 2.22. The van der Waals surface area contributed by atoms with Gasteiger partial charge in [0.05, 0.1) is 26.4 Å². The van der Waals surface area contributed by atoms with Gasteiger partial charge in [-0.3, -0.25) is 9.80 Å². The van der Waals surface area contributed by atoms with E-state index in [-0.39, 0.29) is 0 Å². The van der Waals surface area contributed by atoms with Gasteiger partial charge in [-0.2, -0.15) is 0 Å². The van der Waals surface area contributed by atoms with Crippen molar-refractivity contribution in [3.05, 3.63) is 162 Å². The van der Waals surface area contributed by atoms with Gasteiger partial charge in [0.2, 0.25) is 0 Å². The second-order valence-electron chi connectivity index (χ2n) is 14.5. The Morgan fingerprint density at radius 3 is 1.58 bits per heavy atom. The number of aromatic nitrogens is 4. The molecule has 4 aromatic carbocycles. The van der Waals surface area contributed by atoms with Crippen molar-refractivity contribution >= 4 is 17.4 Å². The maximum absolute atomic E-state index is 5.89. The molecule has 0 saturated carbocycles. The number of hydrogen-bond donors (Lipinski definition) is 2. The Kier molecular flexibility index (Phi) is 18.3. The molecule has 0 spiro atoms. The van der Waals surface area contributed by atoms with Crippen molar-refractivity contribution in [1.29, 1.82) is 0 Å². The van der Waals surface area contributed by atoms with Gasteiger partial charge in [-0.15, -0.1) is 0 Å². The molecular formula is C48H57ClN8O2. The monoisotopic (exact) mass is 812 g/mol. The fourth-order valence-corrected chi connectivity index (χ4v) is 7.03. The summed E-state index contributed by atoms with van der Waals surface area (Å²) >= 11 is 5.89. The number of benzene rings is 4. The van der Waals surface area contributed by atoms with Crippen LogP contribution >= 0.6 is 11.6 Å². The van der Waals surface area contributed by atoms with Gasteiger partial charge in [-0.05, 0) is 78.0 Å². The first kappa shape index (κ1) is 43.5. The number of nitrogens with one attached hydrogen (secondary N) is 1. The van der Waals surface area contributed by atoms with Crippen LogP contribution in [0.4, 0.5) is 5.82 Å². The second-order valence-corrected chi connectivity index (χ2v) is 14.9. The molecule has 11 heteroatoms. The van der Waals surface area contributed by atoms with E-state index in [0.29, 0.717) is 11.6 Å². The van der Waals surface area contributed by atoms with Crippen LogP contribution < -0.4 is 11.1 Å². The summed E-state index contributed by atoms with van der Waals surface area (Å²) < 4.78 is 10.6. The first-order valence-corrected chi connectivity index (χ1v) is 21.1. The van der Waals surface area contributed by atoms with E-state index >= 15 is 0 Å². The van der Waals surface area contributed by atoms with Crippen molar-refractivity contribution in [1.82, 2.24) is 29.7 Å². The summed E-state index contributed by atoms with van der Waals surface area (Å²) in [7, 11) is 0. The lowest BCUT2D eigenvalue weighted by Gasteiger charge is -2.26. The molecule has 0 bridgehead atoms. The topological polar surface area (TPSA) is 115 Å². The van der Waals surface area contributed by atoms with E-state index in [1.807, 2.05) is 36.5 Å². The number of ether oxygens (including phenoxy) is 2. The lowest BCUT2D eigenvalue weighted by Crippen LogP contribution is -2.37. The van der Waals surface area contributed by atoms with E-state index in [1.165, 1.54) is 33.4 Å². The van der Waals surface area contributed by atoms with Gasteiger partial charge >= 0.3 is 0 Å².